The maximum atomic E-state index is 14.6. The molecule has 45 heavy (non-hydrogen) atoms. The molecule has 0 aliphatic rings. The van der Waals surface area contributed by atoms with Gasteiger partial charge in [0.1, 0.15) is 12.6 Å². The molecule has 236 valence electrons. The van der Waals surface area contributed by atoms with Crippen molar-refractivity contribution in [1.82, 2.24) is 10.2 Å². The molecular weight excluding hydrogens is 582 g/mol. The lowest BCUT2D eigenvalue weighted by Gasteiger charge is -2.34. The minimum absolute atomic E-state index is 0.0877. The predicted octanol–water partition coefficient (Wildman–Crippen LogP) is 6.22. The highest BCUT2D eigenvalue weighted by Gasteiger charge is 2.35. The molecule has 1 N–H and O–H groups in total. The van der Waals surface area contributed by atoms with Crippen LogP contribution in [0.2, 0.25) is 0 Å². The fraction of sp³-hybridized carbons (Fsp3) is 0.297. The zero-order chi connectivity index (χ0) is 32.6. The van der Waals surface area contributed by atoms with Gasteiger partial charge in [-0.05, 0) is 61.6 Å². The first-order valence-corrected chi connectivity index (χ1v) is 16.7. The van der Waals surface area contributed by atoms with Gasteiger partial charge in [0.15, 0.2) is 0 Å². The van der Waals surface area contributed by atoms with Crippen LogP contribution in [0.5, 0.6) is 0 Å². The van der Waals surface area contributed by atoms with E-state index < -0.39 is 28.5 Å². The Balaban J connectivity index is 1.80. The minimum Gasteiger partial charge on any atom is -0.354 e. The average Bonchev–Trinajstić information content (AvgIpc) is 3.02. The number of carbonyl (C=O) groups excluding carboxylic acids is 2. The highest BCUT2D eigenvalue weighted by atomic mass is 32.2. The summed E-state index contributed by atoms with van der Waals surface area (Å²) in [7, 11) is -4.14. The summed E-state index contributed by atoms with van der Waals surface area (Å²) < 4.78 is 29.6. The van der Waals surface area contributed by atoms with Crippen molar-refractivity contribution in [3.63, 3.8) is 0 Å². The van der Waals surface area contributed by atoms with Gasteiger partial charge in [-0.3, -0.25) is 13.9 Å². The molecular formula is C37H43N3O4S. The van der Waals surface area contributed by atoms with Gasteiger partial charge in [-0.1, -0.05) is 110 Å². The summed E-state index contributed by atoms with van der Waals surface area (Å²) in [5.41, 5.74) is 4.85. The lowest BCUT2D eigenvalue weighted by atomic mass is 10.0. The van der Waals surface area contributed by atoms with Crippen molar-refractivity contribution in [2.75, 3.05) is 17.4 Å². The zero-order valence-corrected chi connectivity index (χ0v) is 27.6. The van der Waals surface area contributed by atoms with Crippen LogP contribution in [-0.4, -0.2) is 44.3 Å². The third-order valence-electron chi connectivity index (χ3n) is 7.70. The number of nitrogens with zero attached hydrogens (tertiary/aromatic N) is 2. The van der Waals surface area contributed by atoms with Crippen molar-refractivity contribution in [2.45, 2.75) is 58.5 Å². The first kappa shape index (κ1) is 33.5. The van der Waals surface area contributed by atoms with Gasteiger partial charge in [-0.15, -0.1) is 0 Å². The smallest absolute Gasteiger partial charge is 0.264 e. The molecule has 0 radical (unpaired) electrons. The van der Waals surface area contributed by atoms with Gasteiger partial charge in [0.25, 0.3) is 10.0 Å². The molecule has 0 unspecified atom stereocenters. The fourth-order valence-electron chi connectivity index (χ4n) is 5.06. The molecule has 0 saturated carbocycles. The van der Waals surface area contributed by atoms with Gasteiger partial charge in [0.05, 0.1) is 10.6 Å². The second-order valence-corrected chi connectivity index (χ2v) is 13.8. The first-order valence-electron chi connectivity index (χ1n) is 15.3. The number of hydrogen-bond acceptors (Lipinski definition) is 4. The second kappa shape index (κ2) is 15.0. The number of benzene rings is 4. The average molecular weight is 626 g/mol. The molecule has 0 aromatic heterocycles. The van der Waals surface area contributed by atoms with Crippen LogP contribution >= 0.6 is 0 Å². The highest BCUT2D eigenvalue weighted by molar-refractivity contribution is 7.92. The summed E-state index contributed by atoms with van der Waals surface area (Å²) in [4.78, 5) is 30.0. The third kappa shape index (κ3) is 8.82. The molecule has 8 heteroatoms. The van der Waals surface area contributed by atoms with E-state index in [0.29, 0.717) is 17.8 Å². The Bertz CT molecular complexity index is 1690. The number of hydrogen-bond donors (Lipinski definition) is 1. The summed E-state index contributed by atoms with van der Waals surface area (Å²) in [5.74, 6) is -0.546. The number of rotatable bonds is 13. The molecule has 2 amide bonds. The van der Waals surface area contributed by atoms with E-state index in [1.807, 2.05) is 101 Å². The normalized spacial score (nSPS) is 12.0. The summed E-state index contributed by atoms with van der Waals surface area (Å²) in [5, 5.41) is 3.02. The SMILES string of the molecule is Cc1ccc(CN(C(=O)CN(c2ccccc2C)S(=O)(=O)c2ccc(C)cc2)[C@@H](Cc2ccccc2)C(=O)NCC(C)C)cc1. The van der Waals surface area contributed by atoms with Crippen molar-refractivity contribution in [1.29, 1.82) is 0 Å². The fourth-order valence-corrected chi connectivity index (χ4v) is 6.54. The van der Waals surface area contributed by atoms with Crippen LogP contribution in [0.4, 0.5) is 5.69 Å². The number of anilines is 1. The molecule has 0 saturated heterocycles. The number of para-hydroxylation sites is 1. The largest absolute Gasteiger partial charge is 0.354 e. The van der Waals surface area contributed by atoms with E-state index in [0.717, 1.165) is 22.3 Å². The van der Waals surface area contributed by atoms with Crippen LogP contribution < -0.4 is 9.62 Å². The Hall–Kier alpha value is -4.43. The Morgan fingerprint density at radius 2 is 1.31 bits per heavy atom. The Morgan fingerprint density at radius 3 is 1.91 bits per heavy atom. The van der Waals surface area contributed by atoms with Crippen molar-refractivity contribution in [3.05, 3.63) is 131 Å². The van der Waals surface area contributed by atoms with Crippen molar-refractivity contribution in [3.8, 4) is 0 Å². The molecule has 0 fully saturated rings. The lowest BCUT2D eigenvalue weighted by Crippen LogP contribution is -2.53. The van der Waals surface area contributed by atoms with E-state index in [1.165, 1.54) is 9.21 Å². The molecule has 0 spiro atoms. The first-order chi connectivity index (χ1) is 21.5. The number of amides is 2. The van der Waals surface area contributed by atoms with Gasteiger partial charge in [-0.2, -0.15) is 0 Å². The maximum Gasteiger partial charge on any atom is 0.264 e. The molecule has 0 heterocycles. The molecule has 4 aromatic carbocycles. The Kier molecular flexibility index (Phi) is 11.2. The third-order valence-corrected chi connectivity index (χ3v) is 9.48. The van der Waals surface area contributed by atoms with Crippen LogP contribution in [0.1, 0.15) is 41.7 Å². The van der Waals surface area contributed by atoms with Gasteiger partial charge >= 0.3 is 0 Å². The number of aryl methyl sites for hydroxylation is 3. The van der Waals surface area contributed by atoms with E-state index in [9.17, 15) is 18.0 Å². The summed E-state index contributed by atoms with van der Waals surface area (Å²) >= 11 is 0. The van der Waals surface area contributed by atoms with Gasteiger partial charge in [0.2, 0.25) is 11.8 Å². The van der Waals surface area contributed by atoms with Gasteiger partial charge in [0, 0.05) is 19.5 Å². The summed E-state index contributed by atoms with van der Waals surface area (Å²) in [6, 6.07) is 30.2. The van der Waals surface area contributed by atoms with E-state index in [4.69, 9.17) is 0 Å². The quantitative estimate of drug-likeness (QED) is 0.191. The van der Waals surface area contributed by atoms with Crippen LogP contribution in [0.25, 0.3) is 0 Å². The molecule has 7 nitrogen and oxygen atoms in total. The topological polar surface area (TPSA) is 86.8 Å². The van der Waals surface area contributed by atoms with Crippen LogP contribution in [0.15, 0.2) is 108 Å². The molecule has 4 aromatic rings. The lowest BCUT2D eigenvalue weighted by molar-refractivity contribution is -0.140. The number of sulfonamides is 1. The molecule has 0 aliphatic heterocycles. The highest BCUT2D eigenvalue weighted by Crippen LogP contribution is 2.28. The Morgan fingerprint density at radius 1 is 0.733 bits per heavy atom. The molecule has 0 bridgehead atoms. The van der Waals surface area contributed by atoms with Crippen LogP contribution in [-0.2, 0) is 32.6 Å². The van der Waals surface area contributed by atoms with Crippen molar-refractivity contribution >= 4 is 27.5 Å². The van der Waals surface area contributed by atoms with Crippen LogP contribution in [0.3, 0.4) is 0 Å². The number of nitrogens with one attached hydrogen (secondary N) is 1. The predicted molar refractivity (Wildman–Crippen MR) is 180 cm³/mol. The summed E-state index contributed by atoms with van der Waals surface area (Å²) in [6.45, 7) is 9.83. The van der Waals surface area contributed by atoms with E-state index >= 15 is 0 Å². The second-order valence-electron chi connectivity index (χ2n) is 12.0. The summed E-state index contributed by atoms with van der Waals surface area (Å²) in [6.07, 6.45) is 0.275. The Labute approximate surface area is 268 Å². The number of carbonyl (C=O) groups is 2. The van der Waals surface area contributed by atoms with E-state index in [2.05, 4.69) is 5.32 Å². The zero-order valence-electron chi connectivity index (χ0n) is 26.7. The molecule has 1 atom stereocenters. The standard InChI is InChI=1S/C37H43N3O4S/c1-27(2)24-38-37(42)35(23-31-12-7-6-8-13-31)39(25-32-19-15-28(3)16-20-32)36(41)26-40(34-14-10-9-11-30(34)5)45(43,44)33-21-17-29(4)18-22-33/h6-22,27,35H,23-26H2,1-5H3,(H,38,42)/t35-/m0/s1. The molecule has 0 aliphatic carbocycles. The van der Waals surface area contributed by atoms with Gasteiger partial charge < -0.3 is 10.2 Å². The van der Waals surface area contributed by atoms with Crippen molar-refractivity contribution in [2.24, 2.45) is 5.92 Å². The van der Waals surface area contributed by atoms with E-state index in [-0.39, 0.29) is 29.7 Å². The maximum absolute atomic E-state index is 14.6. The van der Waals surface area contributed by atoms with Crippen LogP contribution in [0, 0.1) is 26.7 Å². The van der Waals surface area contributed by atoms with E-state index in [1.54, 1.807) is 36.4 Å². The molecule has 4 rings (SSSR count). The monoisotopic (exact) mass is 625 g/mol. The van der Waals surface area contributed by atoms with Gasteiger partial charge in [-0.25, -0.2) is 8.42 Å². The van der Waals surface area contributed by atoms with Crippen molar-refractivity contribution < 1.29 is 18.0 Å². The minimum atomic E-state index is -4.14.